The number of hydrogen-bond donors (Lipinski definition) is 1. The zero-order valence-corrected chi connectivity index (χ0v) is 13.5. The minimum absolute atomic E-state index is 0.238. The molecule has 1 aliphatic carbocycles. The number of hydrogen-bond acceptors (Lipinski definition) is 2. The van der Waals surface area contributed by atoms with Crippen molar-refractivity contribution in [3.8, 4) is 0 Å². The van der Waals surface area contributed by atoms with Crippen LogP contribution in [-0.4, -0.2) is 18.2 Å². The van der Waals surface area contributed by atoms with Crippen molar-refractivity contribution in [1.29, 1.82) is 0 Å². The van der Waals surface area contributed by atoms with Crippen LogP contribution >= 0.6 is 0 Å². The van der Waals surface area contributed by atoms with E-state index in [1.165, 1.54) is 83.5 Å². The van der Waals surface area contributed by atoms with Crippen molar-refractivity contribution in [3.63, 3.8) is 0 Å². The van der Waals surface area contributed by atoms with Crippen molar-refractivity contribution in [2.75, 3.05) is 6.61 Å². The molecule has 20 heavy (non-hydrogen) atoms. The van der Waals surface area contributed by atoms with E-state index in [1.54, 1.807) is 0 Å². The number of rotatable bonds is 8. The van der Waals surface area contributed by atoms with Gasteiger partial charge in [-0.2, -0.15) is 0 Å². The van der Waals surface area contributed by atoms with E-state index in [4.69, 9.17) is 10.5 Å². The first-order chi connectivity index (χ1) is 9.76. The number of unbranched alkanes of at least 4 members (excludes halogenated alkanes) is 5. The molecule has 2 unspecified atom stereocenters. The fourth-order valence-corrected chi connectivity index (χ4v) is 4.19. The summed E-state index contributed by atoms with van der Waals surface area (Å²) in [6.45, 7) is 3.23. The van der Waals surface area contributed by atoms with E-state index in [2.05, 4.69) is 6.92 Å². The molecule has 2 fully saturated rings. The maximum Gasteiger partial charge on any atom is 0.0685 e. The first-order valence-electron chi connectivity index (χ1n) is 9.15. The van der Waals surface area contributed by atoms with E-state index in [0.29, 0.717) is 6.04 Å². The van der Waals surface area contributed by atoms with Gasteiger partial charge in [-0.25, -0.2) is 0 Å². The molecule has 0 bridgehead atoms. The van der Waals surface area contributed by atoms with Crippen LogP contribution in [0.3, 0.4) is 0 Å². The monoisotopic (exact) mass is 281 g/mol. The Bertz CT molecular complexity index is 260. The molecule has 1 spiro atoms. The van der Waals surface area contributed by atoms with Gasteiger partial charge in [0.2, 0.25) is 0 Å². The fraction of sp³-hybridized carbons (Fsp3) is 1.00. The molecule has 2 heteroatoms. The van der Waals surface area contributed by atoms with E-state index >= 15 is 0 Å². The minimum atomic E-state index is 0.238. The summed E-state index contributed by atoms with van der Waals surface area (Å²) in [5, 5.41) is 0. The van der Waals surface area contributed by atoms with Crippen molar-refractivity contribution in [2.45, 2.75) is 102 Å². The number of ether oxygens (including phenoxy) is 1. The molecule has 2 atom stereocenters. The van der Waals surface area contributed by atoms with Crippen LogP contribution in [0.1, 0.15) is 90.4 Å². The van der Waals surface area contributed by atoms with Crippen LogP contribution in [0.2, 0.25) is 0 Å². The average molecular weight is 281 g/mol. The summed E-state index contributed by atoms with van der Waals surface area (Å²) in [6.07, 6.45) is 17.2. The van der Waals surface area contributed by atoms with Gasteiger partial charge in [0.15, 0.2) is 0 Å². The smallest absolute Gasteiger partial charge is 0.0685 e. The Kier molecular flexibility index (Phi) is 6.83. The van der Waals surface area contributed by atoms with Gasteiger partial charge in [0, 0.05) is 12.6 Å². The standard InChI is InChI=1S/C18H35NO/c1-2-3-4-5-6-7-10-17(19)16-11-14-20-18(15-16)12-8-9-13-18/h16-17H,2-15,19H2,1H3. The van der Waals surface area contributed by atoms with Gasteiger partial charge in [-0.15, -0.1) is 0 Å². The van der Waals surface area contributed by atoms with Gasteiger partial charge in [0.05, 0.1) is 5.60 Å². The molecule has 0 aromatic carbocycles. The lowest BCUT2D eigenvalue weighted by atomic mass is 9.79. The summed E-state index contributed by atoms with van der Waals surface area (Å²) < 4.78 is 6.12. The van der Waals surface area contributed by atoms with Crippen molar-refractivity contribution in [2.24, 2.45) is 11.7 Å². The van der Waals surface area contributed by atoms with E-state index in [0.717, 1.165) is 12.5 Å². The van der Waals surface area contributed by atoms with Gasteiger partial charge in [-0.05, 0) is 38.0 Å². The highest BCUT2D eigenvalue weighted by molar-refractivity contribution is 4.93. The molecule has 1 saturated carbocycles. The Morgan fingerprint density at radius 3 is 2.55 bits per heavy atom. The molecule has 2 nitrogen and oxygen atoms in total. The maximum absolute atomic E-state index is 6.48. The molecular formula is C18H35NO. The molecule has 0 radical (unpaired) electrons. The molecule has 1 saturated heterocycles. The van der Waals surface area contributed by atoms with E-state index in [-0.39, 0.29) is 5.60 Å². The van der Waals surface area contributed by atoms with E-state index in [9.17, 15) is 0 Å². The largest absolute Gasteiger partial charge is 0.375 e. The third kappa shape index (κ3) is 4.73. The van der Waals surface area contributed by atoms with Crippen molar-refractivity contribution < 1.29 is 4.74 Å². The Morgan fingerprint density at radius 2 is 1.80 bits per heavy atom. The van der Waals surface area contributed by atoms with Crippen LogP contribution in [0.5, 0.6) is 0 Å². The Morgan fingerprint density at radius 1 is 1.10 bits per heavy atom. The second kappa shape index (κ2) is 8.38. The molecule has 0 aromatic rings. The Hall–Kier alpha value is -0.0800. The zero-order chi connectivity index (χ0) is 14.3. The van der Waals surface area contributed by atoms with Crippen LogP contribution in [0.4, 0.5) is 0 Å². The van der Waals surface area contributed by atoms with Gasteiger partial charge < -0.3 is 10.5 Å². The first-order valence-corrected chi connectivity index (χ1v) is 9.15. The molecule has 1 heterocycles. The predicted molar refractivity (Wildman–Crippen MR) is 85.8 cm³/mol. The third-order valence-electron chi connectivity index (χ3n) is 5.54. The molecular weight excluding hydrogens is 246 g/mol. The topological polar surface area (TPSA) is 35.2 Å². The van der Waals surface area contributed by atoms with Gasteiger partial charge >= 0.3 is 0 Å². The summed E-state index contributed by atoms with van der Waals surface area (Å²) in [5.74, 6) is 0.720. The molecule has 2 rings (SSSR count). The molecule has 1 aliphatic heterocycles. The summed E-state index contributed by atoms with van der Waals surface area (Å²) in [5.41, 5.74) is 6.72. The van der Waals surface area contributed by atoms with Gasteiger partial charge in [0.1, 0.15) is 0 Å². The van der Waals surface area contributed by atoms with E-state index in [1.807, 2.05) is 0 Å². The highest BCUT2D eigenvalue weighted by atomic mass is 16.5. The van der Waals surface area contributed by atoms with Crippen LogP contribution < -0.4 is 5.73 Å². The maximum atomic E-state index is 6.48. The molecule has 0 aromatic heterocycles. The van der Waals surface area contributed by atoms with Gasteiger partial charge in [-0.1, -0.05) is 58.3 Å². The SMILES string of the molecule is CCCCCCCCC(N)C1CCOC2(CCCC2)C1. The highest BCUT2D eigenvalue weighted by Gasteiger charge is 2.41. The van der Waals surface area contributed by atoms with Crippen molar-refractivity contribution in [1.82, 2.24) is 0 Å². The van der Waals surface area contributed by atoms with Crippen LogP contribution in [0, 0.1) is 5.92 Å². The second-order valence-electron chi connectivity index (χ2n) is 7.21. The van der Waals surface area contributed by atoms with Crippen molar-refractivity contribution >= 4 is 0 Å². The second-order valence-corrected chi connectivity index (χ2v) is 7.21. The third-order valence-corrected chi connectivity index (χ3v) is 5.54. The fourth-order valence-electron chi connectivity index (χ4n) is 4.19. The van der Waals surface area contributed by atoms with Crippen LogP contribution in [-0.2, 0) is 4.74 Å². The lowest BCUT2D eigenvalue weighted by molar-refractivity contribution is -0.0965. The van der Waals surface area contributed by atoms with Crippen molar-refractivity contribution in [3.05, 3.63) is 0 Å². The first kappa shape index (κ1) is 16.3. The average Bonchev–Trinajstić information content (AvgIpc) is 2.90. The summed E-state index contributed by atoms with van der Waals surface area (Å²) >= 11 is 0. The Balaban J connectivity index is 1.63. The lowest BCUT2D eigenvalue weighted by Gasteiger charge is -2.40. The summed E-state index contributed by atoms with van der Waals surface area (Å²) in [7, 11) is 0. The lowest BCUT2D eigenvalue weighted by Crippen LogP contribution is -2.43. The zero-order valence-electron chi connectivity index (χ0n) is 13.5. The highest BCUT2D eigenvalue weighted by Crippen LogP contribution is 2.43. The molecule has 118 valence electrons. The minimum Gasteiger partial charge on any atom is -0.375 e. The molecule has 2 aliphatic rings. The van der Waals surface area contributed by atoms with Crippen LogP contribution in [0.15, 0.2) is 0 Å². The van der Waals surface area contributed by atoms with Gasteiger partial charge in [-0.3, -0.25) is 0 Å². The van der Waals surface area contributed by atoms with Crippen LogP contribution in [0.25, 0.3) is 0 Å². The Labute approximate surface area is 125 Å². The predicted octanol–water partition coefficient (Wildman–Crippen LogP) is 4.80. The molecule has 0 amide bonds. The number of nitrogens with two attached hydrogens (primary N) is 1. The normalized spacial score (nSPS) is 27.0. The molecule has 2 N–H and O–H groups in total. The summed E-state index contributed by atoms with van der Waals surface area (Å²) in [6, 6.07) is 0.419. The quantitative estimate of drug-likeness (QED) is 0.648. The summed E-state index contributed by atoms with van der Waals surface area (Å²) in [4.78, 5) is 0. The van der Waals surface area contributed by atoms with Gasteiger partial charge in [0.25, 0.3) is 0 Å². The van der Waals surface area contributed by atoms with E-state index < -0.39 is 0 Å².